The lowest BCUT2D eigenvalue weighted by Gasteiger charge is -2.33. The van der Waals surface area contributed by atoms with Gasteiger partial charge in [0.1, 0.15) is 16.8 Å². The van der Waals surface area contributed by atoms with Crippen molar-refractivity contribution in [1.29, 1.82) is 0 Å². The number of likely N-dealkylation sites (N-methyl/N-ethyl adjacent to an activating group) is 1. The number of aromatic nitrogens is 5. The monoisotopic (exact) mass is 449 g/mol. The molecule has 0 unspecified atom stereocenters. The molecule has 2 aliphatic rings. The van der Waals surface area contributed by atoms with Crippen LogP contribution in [0.5, 0.6) is 0 Å². The van der Waals surface area contributed by atoms with E-state index in [2.05, 4.69) is 26.4 Å². The molecule has 0 aromatic carbocycles. The highest BCUT2D eigenvalue weighted by atomic mass is 35.5. The van der Waals surface area contributed by atoms with E-state index in [1.54, 1.807) is 6.20 Å². The molecule has 5 heterocycles. The Balaban J connectivity index is 0.00000218. The number of anilines is 1. The van der Waals surface area contributed by atoms with Gasteiger partial charge < -0.3 is 19.1 Å². The summed E-state index contributed by atoms with van der Waals surface area (Å²) >= 11 is 6.45. The maximum atomic E-state index is 6.45. The first kappa shape index (κ1) is 21.2. The Morgan fingerprint density at radius 3 is 2.63 bits per heavy atom. The third kappa shape index (κ3) is 3.73. The zero-order valence-corrected chi connectivity index (χ0v) is 18.7. The molecule has 0 saturated carbocycles. The maximum absolute atomic E-state index is 6.45. The smallest absolute Gasteiger partial charge is 0.166 e. The van der Waals surface area contributed by atoms with E-state index in [9.17, 15) is 0 Å². The summed E-state index contributed by atoms with van der Waals surface area (Å²) in [5.74, 6) is 2.43. The number of fused-ring (bicyclic) bond motifs is 1. The van der Waals surface area contributed by atoms with Crippen LogP contribution in [0.2, 0.25) is 5.15 Å². The van der Waals surface area contributed by atoms with Crippen LogP contribution in [0.1, 0.15) is 18.3 Å². The highest BCUT2D eigenvalue weighted by Crippen LogP contribution is 2.36. The van der Waals surface area contributed by atoms with E-state index in [0.29, 0.717) is 11.8 Å². The number of piperazine rings is 1. The number of halogens is 2. The number of rotatable bonds is 3. The lowest BCUT2D eigenvalue weighted by Crippen LogP contribution is -2.45. The first-order chi connectivity index (χ1) is 14.1. The molecule has 3 aromatic heterocycles. The van der Waals surface area contributed by atoms with Crippen LogP contribution in [0, 0.1) is 6.92 Å². The maximum Gasteiger partial charge on any atom is 0.166 e. The van der Waals surface area contributed by atoms with Crippen molar-refractivity contribution < 1.29 is 4.74 Å². The summed E-state index contributed by atoms with van der Waals surface area (Å²) in [6.45, 7) is 7.17. The SMILES string of the molecule is Cc1nc(N2CCN(C)CC2)c2nc(-c3cccnc3Cl)n([C@@H]3CCOC3)c2n1.Cl. The van der Waals surface area contributed by atoms with Crippen molar-refractivity contribution in [2.45, 2.75) is 19.4 Å². The minimum atomic E-state index is 0. The highest BCUT2D eigenvalue weighted by Gasteiger charge is 2.29. The van der Waals surface area contributed by atoms with Gasteiger partial charge in [0.2, 0.25) is 0 Å². The van der Waals surface area contributed by atoms with Gasteiger partial charge in [-0.25, -0.2) is 19.9 Å². The van der Waals surface area contributed by atoms with E-state index in [1.165, 1.54) is 0 Å². The summed E-state index contributed by atoms with van der Waals surface area (Å²) in [6, 6.07) is 4.01. The van der Waals surface area contributed by atoms with Gasteiger partial charge in [-0.05, 0) is 32.5 Å². The molecule has 0 spiro atoms. The molecule has 2 saturated heterocycles. The predicted molar refractivity (Wildman–Crippen MR) is 120 cm³/mol. The zero-order chi connectivity index (χ0) is 20.0. The average Bonchev–Trinajstić information content (AvgIpc) is 3.36. The Bertz CT molecular complexity index is 1040. The van der Waals surface area contributed by atoms with E-state index >= 15 is 0 Å². The molecule has 0 bridgehead atoms. The quantitative estimate of drug-likeness (QED) is 0.568. The molecule has 0 amide bonds. The molecule has 8 nitrogen and oxygen atoms in total. The zero-order valence-electron chi connectivity index (χ0n) is 17.1. The molecule has 2 aliphatic heterocycles. The van der Waals surface area contributed by atoms with Gasteiger partial charge in [-0.1, -0.05) is 11.6 Å². The van der Waals surface area contributed by atoms with Crippen molar-refractivity contribution in [2.24, 2.45) is 0 Å². The van der Waals surface area contributed by atoms with Gasteiger partial charge in [-0.3, -0.25) is 0 Å². The van der Waals surface area contributed by atoms with Crippen molar-refractivity contribution in [3.05, 3.63) is 29.3 Å². The lowest BCUT2D eigenvalue weighted by molar-refractivity contribution is 0.187. The van der Waals surface area contributed by atoms with E-state index in [4.69, 9.17) is 31.3 Å². The Kier molecular flexibility index (Phi) is 6.11. The summed E-state index contributed by atoms with van der Waals surface area (Å²) in [6.07, 6.45) is 2.61. The summed E-state index contributed by atoms with van der Waals surface area (Å²) in [5.41, 5.74) is 2.47. The number of imidazole rings is 1. The predicted octanol–water partition coefficient (Wildman–Crippen LogP) is 2.99. The normalized spacial score (nSPS) is 20.0. The van der Waals surface area contributed by atoms with Crippen LogP contribution >= 0.6 is 24.0 Å². The van der Waals surface area contributed by atoms with Gasteiger partial charge in [-0.2, -0.15) is 0 Å². The Morgan fingerprint density at radius 1 is 1.13 bits per heavy atom. The summed E-state index contributed by atoms with van der Waals surface area (Å²) in [7, 11) is 2.15. The molecule has 3 aromatic rings. The fourth-order valence-electron chi connectivity index (χ4n) is 4.12. The first-order valence-electron chi connectivity index (χ1n) is 10.0. The molecule has 10 heteroatoms. The number of aryl methyl sites for hydroxylation is 1. The molecule has 2 fully saturated rings. The Hall–Kier alpha value is -2.00. The molecular formula is C20H25Cl2N7O. The first-order valence-corrected chi connectivity index (χ1v) is 10.4. The van der Waals surface area contributed by atoms with Gasteiger partial charge in [0, 0.05) is 39.0 Å². The van der Waals surface area contributed by atoms with Gasteiger partial charge in [0.15, 0.2) is 17.0 Å². The van der Waals surface area contributed by atoms with Gasteiger partial charge >= 0.3 is 0 Å². The molecule has 0 aliphatic carbocycles. The molecule has 30 heavy (non-hydrogen) atoms. The van der Waals surface area contributed by atoms with E-state index in [1.807, 2.05) is 19.1 Å². The summed E-state index contributed by atoms with van der Waals surface area (Å²) in [5, 5.41) is 0.439. The van der Waals surface area contributed by atoms with Crippen LogP contribution in [0.3, 0.4) is 0 Å². The lowest BCUT2D eigenvalue weighted by atomic mass is 10.2. The molecule has 160 valence electrons. The van der Waals surface area contributed by atoms with Crippen molar-refractivity contribution in [1.82, 2.24) is 29.4 Å². The average molecular weight is 450 g/mol. The highest BCUT2D eigenvalue weighted by molar-refractivity contribution is 6.32. The van der Waals surface area contributed by atoms with Crippen molar-refractivity contribution in [2.75, 3.05) is 51.3 Å². The van der Waals surface area contributed by atoms with Crippen LogP contribution in [0.25, 0.3) is 22.6 Å². The van der Waals surface area contributed by atoms with Crippen LogP contribution in [0.15, 0.2) is 18.3 Å². The van der Waals surface area contributed by atoms with Gasteiger partial charge in [-0.15, -0.1) is 12.4 Å². The third-order valence-corrected chi connectivity index (χ3v) is 6.01. The van der Waals surface area contributed by atoms with Crippen LogP contribution in [-0.2, 0) is 4.74 Å². The number of nitrogens with zero attached hydrogens (tertiary/aromatic N) is 7. The van der Waals surface area contributed by atoms with Crippen LogP contribution in [0.4, 0.5) is 5.82 Å². The second-order valence-electron chi connectivity index (χ2n) is 7.72. The van der Waals surface area contributed by atoms with E-state index in [0.717, 1.165) is 73.4 Å². The largest absolute Gasteiger partial charge is 0.379 e. The topological polar surface area (TPSA) is 72.2 Å². The minimum absolute atomic E-state index is 0. The van der Waals surface area contributed by atoms with Gasteiger partial charge in [0.05, 0.1) is 18.2 Å². The van der Waals surface area contributed by atoms with Crippen molar-refractivity contribution >= 4 is 41.0 Å². The number of pyridine rings is 1. The molecule has 5 rings (SSSR count). The van der Waals surface area contributed by atoms with Crippen molar-refractivity contribution in [3.63, 3.8) is 0 Å². The molecule has 1 atom stereocenters. The van der Waals surface area contributed by atoms with Crippen LogP contribution < -0.4 is 4.90 Å². The summed E-state index contributed by atoms with van der Waals surface area (Å²) in [4.78, 5) is 23.5. The Morgan fingerprint density at radius 2 is 1.93 bits per heavy atom. The van der Waals surface area contributed by atoms with Crippen LogP contribution in [-0.4, -0.2) is 75.8 Å². The molecule has 0 N–H and O–H groups in total. The van der Waals surface area contributed by atoms with E-state index in [-0.39, 0.29) is 18.4 Å². The van der Waals surface area contributed by atoms with Crippen molar-refractivity contribution in [3.8, 4) is 11.4 Å². The minimum Gasteiger partial charge on any atom is -0.379 e. The second-order valence-corrected chi connectivity index (χ2v) is 8.08. The third-order valence-electron chi connectivity index (χ3n) is 5.71. The molecule has 0 radical (unpaired) electrons. The fraction of sp³-hybridized carbons (Fsp3) is 0.500. The fourth-order valence-corrected chi connectivity index (χ4v) is 4.32. The van der Waals surface area contributed by atoms with E-state index < -0.39 is 0 Å². The molecular weight excluding hydrogens is 425 g/mol. The summed E-state index contributed by atoms with van der Waals surface area (Å²) < 4.78 is 7.86. The standard InChI is InChI=1S/C20H24ClN7O.ClH/c1-13-23-19(27-9-7-26(2)8-10-27)16-20(24-13)28(14-5-11-29-12-14)18(25-16)15-4-3-6-22-17(15)21;/h3-4,6,14H,5,7-12H2,1-2H3;1H/t14-;/m1./s1. The number of hydrogen-bond donors (Lipinski definition) is 0. The number of ether oxygens (including phenoxy) is 1. The second kappa shape index (κ2) is 8.63. The Labute approximate surface area is 186 Å². The van der Waals surface area contributed by atoms with Gasteiger partial charge in [0.25, 0.3) is 0 Å². The number of hydrogen-bond acceptors (Lipinski definition) is 7.